The number of aryl methyl sites for hydroxylation is 1. The topological polar surface area (TPSA) is 0 Å². The fraction of sp³-hybridized carbons (Fsp3) is 0.800. The van der Waals surface area contributed by atoms with Gasteiger partial charge in [0.2, 0.25) is 0 Å². The van der Waals surface area contributed by atoms with Crippen molar-refractivity contribution < 1.29 is 0 Å². The summed E-state index contributed by atoms with van der Waals surface area (Å²) in [6.07, 6.45) is 26.0. The van der Waals surface area contributed by atoms with Crippen molar-refractivity contribution in [2.24, 2.45) is 17.8 Å². The maximum Gasteiger partial charge on any atom is -0.0162 e. The van der Waals surface area contributed by atoms with Crippen LogP contribution in [0.3, 0.4) is 0 Å². The standard InChI is InChI=1S/C30H50/c1-3-5-6-7-8-10-26-17-21-29(22-18-26)30-23-19-28(20-24-30)16-15-27-13-11-25(9-4-2)12-14-27/h19-20,23-27,29H,3-18,21-22H2,1-2H3. The van der Waals surface area contributed by atoms with E-state index < -0.39 is 0 Å². The third-order valence-corrected chi connectivity index (χ3v) is 8.52. The van der Waals surface area contributed by atoms with Crippen molar-refractivity contribution in [1.29, 1.82) is 0 Å². The zero-order chi connectivity index (χ0) is 21.0. The van der Waals surface area contributed by atoms with Crippen LogP contribution in [0.15, 0.2) is 24.3 Å². The largest absolute Gasteiger partial charge is 0.0654 e. The average molecular weight is 411 g/mol. The van der Waals surface area contributed by atoms with Gasteiger partial charge in [-0.1, -0.05) is 115 Å². The first-order chi connectivity index (χ1) is 14.8. The van der Waals surface area contributed by atoms with Gasteiger partial charge in [0.15, 0.2) is 0 Å². The smallest absolute Gasteiger partial charge is 0.0162 e. The molecule has 2 aliphatic rings. The van der Waals surface area contributed by atoms with Crippen LogP contribution in [0.2, 0.25) is 0 Å². The third kappa shape index (κ3) is 8.05. The summed E-state index contributed by atoms with van der Waals surface area (Å²) in [5.74, 6) is 3.90. The predicted molar refractivity (Wildman–Crippen MR) is 133 cm³/mol. The first-order valence-corrected chi connectivity index (χ1v) is 13.9. The van der Waals surface area contributed by atoms with Crippen LogP contribution in [-0.2, 0) is 6.42 Å². The van der Waals surface area contributed by atoms with E-state index in [2.05, 4.69) is 38.1 Å². The van der Waals surface area contributed by atoms with Crippen LogP contribution in [0.4, 0.5) is 0 Å². The van der Waals surface area contributed by atoms with Gasteiger partial charge in [-0.15, -0.1) is 0 Å². The van der Waals surface area contributed by atoms with E-state index in [0.717, 1.165) is 23.7 Å². The maximum atomic E-state index is 2.48. The van der Waals surface area contributed by atoms with Crippen LogP contribution in [0.5, 0.6) is 0 Å². The van der Waals surface area contributed by atoms with Crippen molar-refractivity contribution in [3.05, 3.63) is 35.4 Å². The lowest BCUT2D eigenvalue weighted by Crippen LogP contribution is -2.15. The Morgan fingerprint density at radius 1 is 0.567 bits per heavy atom. The van der Waals surface area contributed by atoms with Crippen LogP contribution in [0.25, 0.3) is 0 Å². The van der Waals surface area contributed by atoms with Crippen LogP contribution in [0.1, 0.15) is 140 Å². The molecular weight excluding hydrogens is 360 g/mol. The highest BCUT2D eigenvalue weighted by Crippen LogP contribution is 2.38. The number of hydrogen-bond donors (Lipinski definition) is 0. The number of benzene rings is 1. The van der Waals surface area contributed by atoms with Gasteiger partial charge < -0.3 is 0 Å². The Kier molecular flexibility index (Phi) is 10.8. The SMILES string of the molecule is CCCCCCCC1CCC(c2ccc(CCC3CCC(CCC)CC3)cc2)CC1. The van der Waals surface area contributed by atoms with E-state index >= 15 is 0 Å². The molecule has 2 saturated carbocycles. The molecule has 170 valence electrons. The summed E-state index contributed by atoms with van der Waals surface area (Å²) in [7, 11) is 0. The molecule has 0 aliphatic heterocycles. The van der Waals surface area contributed by atoms with E-state index in [9.17, 15) is 0 Å². The molecule has 0 aromatic heterocycles. The van der Waals surface area contributed by atoms with Crippen molar-refractivity contribution in [2.75, 3.05) is 0 Å². The van der Waals surface area contributed by atoms with E-state index in [1.165, 1.54) is 116 Å². The Morgan fingerprint density at radius 2 is 1.13 bits per heavy atom. The van der Waals surface area contributed by atoms with Crippen LogP contribution < -0.4 is 0 Å². The van der Waals surface area contributed by atoms with Gasteiger partial charge in [0.05, 0.1) is 0 Å². The number of rotatable bonds is 12. The Bertz CT molecular complexity index is 540. The quantitative estimate of drug-likeness (QED) is 0.301. The summed E-state index contributed by atoms with van der Waals surface area (Å²) in [5, 5.41) is 0. The lowest BCUT2D eigenvalue weighted by atomic mass is 9.76. The highest BCUT2D eigenvalue weighted by Gasteiger charge is 2.22. The van der Waals surface area contributed by atoms with Gasteiger partial charge in [-0.2, -0.15) is 0 Å². The minimum absolute atomic E-state index is 0.837. The van der Waals surface area contributed by atoms with Gasteiger partial charge in [-0.05, 0) is 73.3 Å². The molecule has 1 aromatic rings. The van der Waals surface area contributed by atoms with Gasteiger partial charge in [0.1, 0.15) is 0 Å². The normalized spacial score (nSPS) is 27.3. The lowest BCUT2D eigenvalue weighted by molar-refractivity contribution is 0.252. The first-order valence-electron chi connectivity index (χ1n) is 13.9. The minimum atomic E-state index is 0.837. The molecule has 0 radical (unpaired) electrons. The van der Waals surface area contributed by atoms with Crippen LogP contribution >= 0.6 is 0 Å². The molecule has 0 N–H and O–H groups in total. The molecule has 1 aromatic carbocycles. The molecule has 30 heavy (non-hydrogen) atoms. The number of unbranched alkanes of at least 4 members (excludes halogenated alkanes) is 4. The van der Waals surface area contributed by atoms with E-state index in [1.54, 1.807) is 11.1 Å². The van der Waals surface area contributed by atoms with Gasteiger partial charge in [-0.25, -0.2) is 0 Å². The van der Waals surface area contributed by atoms with Crippen molar-refractivity contribution >= 4 is 0 Å². The third-order valence-electron chi connectivity index (χ3n) is 8.52. The minimum Gasteiger partial charge on any atom is -0.0654 e. The summed E-state index contributed by atoms with van der Waals surface area (Å²) in [6.45, 7) is 4.66. The van der Waals surface area contributed by atoms with Crippen molar-refractivity contribution in [3.63, 3.8) is 0 Å². The molecule has 0 heterocycles. The highest BCUT2D eigenvalue weighted by atomic mass is 14.3. The monoisotopic (exact) mass is 410 g/mol. The summed E-state index contributed by atoms with van der Waals surface area (Å²) >= 11 is 0. The summed E-state index contributed by atoms with van der Waals surface area (Å²) < 4.78 is 0. The Balaban J connectivity index is 1.32. The molecule has 3 rings (SSSR count). The molecule has 0 saturated heterocycles. The summed E-state index contributed by atoms with van der Waals surface area (Å²) in [5.41, 5.74) is 3.20. The van der Waals surface area contributed by atoms with E-state index in [1.807, 2.05) is 0 Å². The van der Waals surface area contributed by atoms with Gasteiger partial charge in [0, 0.05) is 0 Å². The van der Waals surface area contributed by atoms with Crippen LogP contribution in [-0.4, -0.2) is 0 Å². The van der Waals surface area contributed by atoms with E-state index in [-0.39, 0.29) is 0 Å². The summed E-state index contributed by atoms with van der Waals surface area (Å²) in [6, 6.07) is 9.86. The molecule has 0 nitrogen and oxygen atoms in total. The predicted octanol–water partition coefficient (Wildman–Crippen LogP) is 9.86. The van der Waals surface area contributed by atoms with Gasteiger partial charge in [-0.3, -0.25) is 0 Å². The van der Waals surface area contributed by atoms with Crippen molar-refractivity contribution in [3.8, 4) is 0 Å². The average Bonchev–Trinajstić information content (AvgIpc) is 2.79. The fourth-order valence-electron chi connectivity index (χ4n) is 6.37. The molecule has 0 amide bonds. The molecule has 2 aliphatic carbocycles. The highest BCUT2D eigenvalue weighted by molar-refractivity contribution is 5.26. The zero-order valence-electron chi connectivity index (χ0n) is 20.3. The molecule has 0 atom stereocenters. The second kappa shape index (κ2) is 13.6. The first kappa shape index (κ1) is 23.9. The van der Waals surface area contributed by atoms with E-state index in [0.29, 0.717) is 0 Å². The molecule has 0 heteroatoms. The molecular formula is C30H50. The molecule has 0 spiro atoms. The van der Waals surface area contributed by atoms with Gasteiger partial charge >= 0.3 is 0 Å². The Morgan fingerprint density at radius 3 is 1.77 bits per heavy atom. The molecule has 0 bridgehead atoms. The fourth-order valence-corrected chi connectivity index (χ4v) is 6.37. The Hall–Kier alpha value is -0.780. The van der Waals surface area contributed by atoms with E-state index in [4.69, 9.17) is 0 Å². The second-order valence-electron chi connectivity index (χ2n) is 10.9. The zero-order valence-corrected chi connectivity index (χ0v) is 20.3. The summed E-state index contributed by atoms with van der Waals surface area (Å²) in [4.78, 5) is 0. The van der Waals surface area contributed by atoms with Crippen molar-refractivity contribution in [1.82, 2.24) is 0 Å². The number of hydrogen-bond acceptors (Lipinski definition) is 0. The second-order valence-corrected chi connectivity index (χ2v) is 10.9. The van der Waals surface area contributed by atoms with Crippen molar-refractivity contribution in [2.45, 2.75) is 135 Å². The molecule has 2 fully saturated rings. The Labute approximate surface area is 188 Å². The lowest BCUT2D eigenvalue weighted by Gasteiger charge is -2.29. The van der Waals surface area contributed by atoms with Crippen LogP contribution in [0, 0.1) is 17.8 Å². The van der Waals surface area contributed by atoms with Gasteiger partial charge in [0.25, 0.3) is 0 Å². The maximum absolute atomic E-state index is 2.48. The molecule has 0 unspecified atom stereocenters.